The van der Waals surface area contributed by atoms with Crippen LogP contribution in [0, 0.1) is 5.92 Å². The lowest BCUT2D eigenvalue weighted by Crippen LogP contribution is -2.57. The fourth-order valence-corrected chi connectivity index (χ4v) is 4.55. The minimum atomic E-state index is -4.56. The molecule has 1 aliphatic rings. The third-order valence-corrected chi connectivity index (χ3v) is 6.76. The van der Waals surface area contributed by atoms with Crippen molar-refractivity contribution in [3.63, 3.8) is 0 Å². The molecule has 1 aromatic rings. The molecular weight excluding hydrogens is 439 g/mol. The Hall–Kier alpha value is -2.34. The third kappa shape index (κ3) is 6.10. The molecule has 1 aliphatic heterocycles. The summed E-state index contributed by atoms with van der Waals surface area (Å²) in [4.78, 5) is 25.7. The minimum absolute atomic E-state index is 0.0146. The molecule has 0 spiro atoms. The van der Waals surface area contributed by atoms with E-state index in [2.05, 4.69) is 5.32 Å². The van der Waals surface area contributed by atoms with Gasteiger partial charge in [0.25, 0.3) is 0 Å². The Morgan fingerprint density at radius 2 is 1.65 bits per heavy atom. The highest BCUT2D eigenvalue weighted by Crippen LogP contribution is 2.30. The fraction of sp³-hybridized carbons (Fsp3) is 0.579. The molecule has 1 atom stereocenters. The van der Waals surface area contributed by atoms with Crippen LogP contribution in [-0.4, -0.2) is 68.5 Å². The second-order valence-electron chi connectivity index (χ2n) is 7.34. The molecule has 0 aromatic heterocycles. The van der Waals surface area contributed by atoms with Gasteiger partial charge in [0.15, 0.2) is 0 Å². The van der Waals surface area contributed by atoms with E-state index in [9.17, 15) is 31.2 Å². The number of nitrogens with one attached hydrogen (secondary N) is 1. The summed E-state index contributed by atoms with van der Waals surface area (Å²) in [5, 5.41) is 2.52. The molecule has 1 aromatic carbocycles. The van der Waals surface area contributed by atoms with Gasteiger partial charge in [-0.2, -0.15) is 17.5 Å². The van der Waals surface area contributed by atoms with Crippen molar-refractivity contribution in [3.8, 4) is 0 Å². The number of alkyl halides is 3. The molecule has 2 rings (SSSR count). The third-order valence-electron chi connectivity index (χ3n) is 4.85. The van der Waals surface area contributed by atoms with Gasteiger partial charge in [-0.05, 0) is 37.1 Å². The molecule has 12 heteroatoms. The summed E-state index contributed by atoms with van der Waals surface area (Å²) in [6.07, 6.45) is -5.27. The van der Waals surface area contributed by atoms with Crippen molar-refractivity contribution < 1.29 is 35.9 Å². The molecule has 0 radical (unpaired) electrons. The van der Waals surface area contributed by atoms with Gasteiger partial charge < -0.3 is 15.0 Å². The summed E-state index contributed by atoms with van der Waals surface area (Å²) in [6, 6.07) is 2.47. The number of ether oxygens (including phenoxy) is 1. The lowest BCUT2D eigenvalue weighted by atomic mass is 10.0. The zero-order chi connectivity index (χ0) is 23.4. The molecule has 1 N–H and O–H groups in total. The lowest BCUT2D eigenvalue weighted by molar-refractivity contribution is -0.137. The maximum Gasteiger partial charge on any atom is 0.416 e. The van der Waals surface area contributed by atoms with E-state index in [1.165, 1.54) is 4.90 Å². The Morgan fingerprint density at radius 3 is 2.10 bits per heavy atom. The number of alkyl carbamates (subject to hydrolysis) is 1. The van der Waals surface area contributed by atoms with Crippen LogP contribution >= 0.6 is 0 Å². The van der Waals surface area contributed by atoms with Crippen LogP contribution in [0.2, 0.25) is 0 Å². The normalized spacial score (nSPS) is 16.8. The summed E-state index contributed by atoms with van der Waals surface area (Å²) >= 11 is 0. The molecule has 0 bridgehead atoms. The van der Waals surface area contributed by atoms with E-state index in [0.29, 0.717) is 0 Å². The number of hydrogen-bond acceptors (Lipinski definition) is 5. The number of carbonyl (C=O) groups excluding carboxylic acids is 2. The predicted octanol–water partition coefficient (Wildman–Crippen LogP) is 2.31. The number of halogens is 3. The number of rotatable bonds is 6. The number of nitrogens with zero attached hydrogens (tertiary/aromatic N) is 2. The average Bonchev–Trinajstić information content (AvgIpc) is 2.71. The SMILES string of the molecule is CCOC(=O)NC(C(=O)N1CCN(S(=O)(=O)c2ccc(C(F)(F)F)cc2)CC1)C(C)C. The molecule has 31 heavy (non-hydrogen) atoms. The van der Waals surface area contributed by atoms with Gasteiger partial charge in [0.2, 0.25) is 15.9 Å². The Bertz CT molecular complexity index is 880. The van der Waals surface area contributed by atoms with E-state index in [4.69, 9.17) is 4.74 Å². The van der Waals surface area contributed by atoms with Crippen molar-refractivity contribution >= 4 is 22.0 Å². The number of carbonyl (C=O) groups is 2. The molecule has 1 saturated heterocycles. The highest BCUT2D eigenvalue weighted by atomic mass is 32.2. The maximum atomic E-state index is 12.8. The quantitative estimate of drug-likeness (QED) is 0.696. The number of sulfonamides is 1. The number of benzene rings is 1. The minimum Gasteiger partial charge on any atom is -0.450 e. The highest BCUT2D eigenvalue weighted by Gasteiger charge is 2.35. The molecule has 8 nitrogen and oxygen atoms in total. The van der Waals surface area contributed by atoms with Crippen LogP contribution in [0.5, 0.6) is 0 Å². The van der Waals surface area contributed by atoms with Crippen molar-refractivity contribution in [3.05, 3.63) is 29.8 Å². The van der Waals surface area contributed by atoms with E-state index in [1.807, 2.05) is 0 Å². The van der Waals surface area contributed by atoms with Gasteiger partial charge in [0.05, 0.1) is 17.1 Å². The van der Waals surface area contributed by atoms with E-state index in [1.54, 1.807) is 20.8 Å². The Balaban J connectivity index is 2.05. The first-order valence-electron chi connectivity index (χ1n) is 9.77. The van der Waals surface area contributed by atoms with Gasteiger partial charge in [-0.25, -0.2) is 13.2 Å². The molecule has 0 saturated carbocycles. The standard InChI is InChI=1S/C19H26F3N3O5S/c1-4-30-18(27)23-16(13(2)3)17(26)24-9-11-25(12-10-24)31(28,29)15-7-5-14(6-8-15)19(20,21)22/h5-8,13,16H,4,9-12H2,1-3H3,(H,23,27). The molecule has 1 unspecified atom stereocenters. The van der Waals surface area contributed by atoms with Crippen LogP contribution < -0.4 is 5.32 Å². The smallest absolute Gasteiger partial charge is 0.416 e. The van der Waals surface area contributed by atoms with E-state index >= 15 is 0 Å². The summed E-state index contributed by atoms with van der Waals surface area (Å²) in [7, 11) is -4.00. The number of hydrogen-bond donors (Lipinski definition) is 1. The largest absolute Gasteiger partial charge is 0.450 e. The van der Waals surface area contributed by atoms with Crippen LogP contribution in [0.25, 0.3) is 0 Å². The lowest BCUT2D eigenvalue weighted by Gasteiger charge is -2.36. The molecular formula is C19H26F3N3O5S. The van der Waals surface area contributed by atoms with Gasteiger partial charge in [-0.1, -0.05) is 13.8 Å². The Labute approximate surface area is 179 Å². The zero-order valence-electron chi connectivity index (χ0n) is 17.5. The van der Waals surface area contributed by atoms with Gasteiger partial charge in [0, 0.05) is 26.2 Å². The monoisotopic (exact) mass is 465 g/mol. The van der Waals surface area contributed by atoms with E-state index < -0.39 is 33.9 Å². The van der Waals surface area contributed by atoms with Crippen molar-refractivity contribution in [1.29, 1.82) is 0 Å². The van der Waals surface area contributed by atoms with Gasteiger partial charge in [-0.3, -0.25) is 4.79 Å². The number of amides is 2. The molecule has 174 valence electrons. The van der Waals surface area contributed by atoms with Crippen molar-refractivity contribution in [1.82, 2.24) is 14.5 Å². The fourth-order valence-electron chi connectivity index (χ4n) is 3.12. The van der Waals surface area contributed by atoms with Gasteiger partial charge >= 0.3 is 12.3 Å². The second-order valence-corrected chi connectivity index (χ2v) is 9.28. The number of piperazine rings is 1. The summed E-state index contributed by atoms with van der Waals surface area (Å²) in [5.74, 6) is -0.569. The maximum absolute atomic E-state index is 12.8. The summed E-state index contributed by atoms with van der Waals surface area (Å²) < 4.78 is 69.6. The molecule has 2 amide bonds. The molecule has 0 aliphatic carbocycles. The highest BCUT2D eigenvalue weighted by molar-refractivity contribution is 7.89. The van der Waals surface area contributed by atoms with Crippen LogP contribution in [0.4, 0.5) is 18.0 Å². The van der Waals surface area contributed by atoms with Gasteiger partial charge in [0.1, 0.15) is 6.04 Å². The first-order chi connectivity index (χ1) is 14.4. The van der Waals surface area contributed by atoms with Gasteiger partial charge in [-0.15, -0.1) is 0 Å². The summed E-state index contributed by atoms with van der Waals surface area (Å²) in [6.45, 7) is 5.48. The first-order valence-corrected chi connectivity index (χ1v) is 11.2. The van der Waals surface area contributed by atoms with E-state index in [0.717, 1.165) is 28.6 Å². The van der Waals surface area contributed by atoms with E-state index in [-0.39, 0.29) is 49.5 Å². The van der Waals surface area contributed by atoms with Crippen LogP contribution in [0.15, 0.2) is 29.2 Å². The predicted molar refractivity (Wildman–Crippen MR) is 106 cm³/mol. The van der Waals surface area contributed by atoms with Crippen molar-refractivity contribution in [2.45, 2.75) is 37.9 Å². The summed E-state index contributed by atoms with van der Waals surface area (Å²) in [5.41, 5.74) is -0.935. The first kappa shape index (κ1) is 24.9. The van der Waals surface area contributed by atoms with Crippen LogP contribution in [0.1, 0.15) is 26.3 Å². The zero-order valence-corrected chi connectivity index (χ0v) is 18.3. The second kappa shape index (κ2) is 9.86. The van der Waals surface area contributed by atoms with Crippen LogP contribution in [-0.2, 0) is 25.7 Å². The Morgan fingerprint density at radius 1 is 1.10 bits per heavy atom. The van der Waals surface area contributed by atoms with Crippen LogP contribution in [0.3, 0.4) is 0 Å². The van der Waals surface area contributed by atoms with Crippen molar-refractivity contribution in [2.24, 2.45) is 5.92 Å². The molecule has 1 heterocycles. The topological polar surface area (TPSA) is 96.0 Å². The average molecular weight is 465 g/mol. The molecule has 1 fully saturated rings. The Kier molecular flexibility index (Phi) is 7.93. The van der Waals surface area contributed by atoms with Crippen molar-refractivity contribution in [2.75, 3.05) is 32.8 Å².